The van der Waals surface area contributed by atoms with E-state index in [1.165, 1.54) is 43.2 Å². The number of likely N-dealkylation sites (N-methyl/N-ethyl adjacent to an activating group) is 1. The van der Waals surface area contributed by atoms with E-state index in [4.69, 9.17) is 5.73 Å². The zero-order chi connectivity index (χ0) is 15.2. The average molecular weight is 288 g/mol. The van der Waals surface area contributed by atoms with Crippen molar-refractivity contribution in [2.75, 3.05) is 13.6 Å². The van der Waals surface area contributed by atoms with Gasteiger partial charge in [-0.25, -0.2) is 0 Å². The zero-order valence-corrected chi connectivity index (χ0v) is 14.0. The quantitative estimate of drug-likeness (QED) is 0.852. The van der Waals surface area contributed by atoms with Crippen molar-refractivity contribution in [3.63, 3.8) is 0 Å². The molecule has 0 radical (unpaired) electrons. The van der Waals surface area contributed by atoms with Crippen LogP contribution in [0.2, 0.25) is 0 Å². The fourth-order valence-electron chi connectivity index (χ4n) is 3.47. The van der Waals surface area contributed by atoms with Gasteiger partial charge in [0.1, 0.15) is 0 Å². The van der Waals surface area contributed by atoms with Crippen molar-refractivity contribution in [2.45, 2.75) is 64.5 Å². The van der Waals surface area contributed by atoms with Crippen LogP contribution < -0.4 is 5.73 Å². The molecule has 118 valence electrons. The lowest BCUT2D eigenvalue weighted by atomic mass is 9.86. The number of aryl methyl sites for hydroxylation is 1. The Morgan fingerprint density at radius 3 is 2.33 bits per heavy atom. The maximum atomic E-state index is 6.41. The van der Waals surface area contributed by atoms with Gasteiger partial charge >= 0.3 is 0 Å². The summed E-state index contributed by atoms with van der Waals surface area (Å²) in [6.45, 7) is 5.56. The largest absolute Gasteiger partial charge is 0.323 e. The Morgan fingerprint density at radius 1 is 1.14 bits per heavy atom. The molecule has 1 atom stereocenters. The number of rotatable bonds is 6. The van der Waals surface area contributed by atoms with Gasteiger partial charge in [-0.1, -0.05) is 44.5 Å². The molecule has 2 heteroatoms. The Morgan fingerprint density at radius 2 is 1.76 bits per heavy atom. The Balaban J connectivity index is 1.86. The van der Waals surface area contributed by atoms with Crippen molar-refractivity contribution < 1.29 is 0 Å². The first-order valence-electron chi connectivity index (χ1n) is 8.64. The lowest BCUT2D eigenvalue weighted by molar-refractivity contribution is 0.162. The normalized spacial score (nSPS) is 24.2. The second-order valence-corrected chi connectivity index (χ2v) is 6.95. The van der Waals surface area contributed by atoms with E-state index < -0.39 is 0 Å². The summed E-state index contributed by atoms with van der Waals surface area (Å²) in [6.07, 6.45) is 7.77. The minimum absolute atomic E-state index is 0.130. The summed E-state index contributed by atoms with van der Waals surface area (Å²) < 4.78 is 0. The van der Waals surface area contributed by atoms with Crippen molar-refractivity contribution in [1.29, 1.82) is 0 Å². The molecular formula is C19H32N2. The summed E-state index contributed by atoms with van der Waals surface area (Å²) >= 11 is 0. The first kappa shape index (κ1) is 16.5. The Bertz CT molecular complexity index is 404. The van der Waals surface area contributed by atoms with E-state index in [1.807, 2.05) is 0 Å². The topological polar surface area (TPSA) is 29.3 Å². The van der Waals surface area contributed by atoms with Gasteiger partial charge in [-0.2, -0.15) is 0 Å². The van der Waals surface area contributed by atoms with E-state index in [1.54, 1.807) is 0 Å². The highest BCUT2D eigenvalue weighted by Crippen LogP contribution is 2.27. The van der Waals surface area contributed by atoms with Crippen molar-refractivity contribution in [2.24, 2.45) is 11.7 Å². The summed E-state index contributed by atoms with van der Waals surface area (Å²) in [7, 11) is 2.24. The van der Waals surface area contributed by atoms with Crippen LogP contribution in [0.3, 0.4) is 0 Å². The van der Waals surface area contributed by atoms with E-state index in [9.17, 15) is 0 Å². The predicted molar refractivity (Wildman–Crippen MR) is 91.4 cm³/mol. The van der Waals surface area contributed by atoms with Crippen LogP contribution in [0.15, 0.2) is 24.3 Å². The second kappa shape index (κ2) is 7.95. The smallest absolute Gasteiger partial charge is 0.0424 e. The Kier molecular flexibility index (Phi) is 6.25. The maximum absolute atomic E-state index is 6.41. The maximum Gasteiger partial charge on any atom is 0.0424 e. The van der Waals surface area contributed by atoms with E-state index in [2.05, 4.69) is 50.1 Å². The minimum atomic E-state index is 0.130. The van der Waals surface area contributed by atoms with Gasteiger partial charge in [0.2, 0.25) is 0 Å². The molecule has 1 aromatic rings. The number of benzene rings is 1. The van der Waals surface area contributed by atoms with E-state index in [0.29, 0.717) is 0 Å². The van der Waals surface area contributed by atoms with Gasteiger partial charge in [0, 0.05) is 18.6 Å². The molecule has 1 fully saturated rings. The van der Waals surface area contributed by atoms with E-state index >= 15 is 0 Å². The van der Waals surface area contributed by atoms with Crippen LogP contribution in [0.5, 0.6) is 0 Å². The predicted octanol–water partition coefficient (Wildman–Crippen LogP) is 4.15. The van der Waals surface area contributed by atoms with Gasteiger partial charge in [0.05, 0.1) is 0 Å². The zero-order valence-electron chi connectivity index (χ0n) is 14.0. The molecule has 0 aliphatic heterocycles. The third-order valence-corrected chi connectivity index (χ3v) is 5.04. The van der Waals surface area contributed by atoms with Gasteiger partial charge in [0.15, 0.2) is 0 Å². The number of nitrogens with two attached hydrogens (primary N) is 1. The van der Waals surface area contributed by atoms with Gasteiger partial charge in [0.25, 0.3) is 0 Å². The van der Waals surface area contributed by atoms with Crippen LogP contribution in [-0.4, -0.2) is 24.5 Å². The van der Waals surface area contributed by atoms with Crippen LogP contribution in [0.25, 0.3) is 0 Å². The second-order valence-electron chi connectivity index (χ2n) is 6.95. The monoisotopic (exact) mass is 288 g/mol. The van der Waals surface area contributed by atoms with Crippen LogP contribution in [0.4, 0.5) is 0 Å². The van der Waals surface area contributed by atoms with Gasteiger partial charge < -0.3 is 10.6 Å². The lowest BCUT2D eigenvalue weighted by Crippen LogP contribution is -2.39. The molecule has 1 saturated carbocycles. The fraction of sp³-hybridized carbons (Fsp3) is 0.684. The highest BCUT2D eigenvalue weighted by molar-refractivity contribution is 5.25. The molecule has 2 N–H and O–H groups in total. The van der Waals surface area contributed by atoms with Crippen LogP contribution in [-0.2, 0) is 6.42 Å². The SMILES string of the molecule is CCCc1ccc(C(N)CN(C)C2CCC(C)CC2)cc1. The molecule has 0 amide bonds. The fourth-order valence-corrected chi connectivity index (χ4v) is 3.47. The van der Waals surface area contributed by atoms with E-state index in [0.717, 1.165) is 24.9 Å². The Hall–Kier alpha value is -0.860. The standard InChI is InChI=1S/C19H32N2/c1-4-5-16-8-10-17(11-9-16)19(20)14-21(3)18-12-6-15(2)7-13-18/h8-11,15,18-19H,4-7,12-14,20H2,1-3H3. The molecule has 0 spiro atoms. The first-order chi connectivity index (χ1) is 10.1. The summed E-state index contributed by atoms with van der Waals surface area (Å²) in [5, 5.41) is 0. The molecule has 0 heterocycles. The molecule has 1 unspecified atom stereocenters. The van der Waals surface area contributed by atoms with Crippen LogP contribution in [0.1, 0.15) is 63.1 Å². The van der Waals surface area contributed by atoms with Crippen molar-refractivity contribution >= 4 is 0 Å². The lowest BCUT2D eigenvalue weighted by Gasteiger charge is -2.35. The summed E-state index contributed by atoms with van der Waals surface area (Å²) in [4.78, 5) is 2.48. The van der Waals surface area contributed by atoms with Gasteiger partial charge in [-0.05, 0) is 56.2 Å². The first-order valence-corrected chi connectivity index (χ1v) is 8.64. The van der Waals surface area contributed by atoms with Crippen molar-refractivity contribution in [3.8, 4) is 0 Å². The third-order valence-electron chi connectivity index (χ3n) is 5.04. The molecular weight excluding hydrogens is 256 g/mol. The number of hydrogen-bond donors (Lipinski definition) is 1. The van der Waals surface area contributed by atoms with Gasteiger partial charge in [-0.15, -0.1) is 0 Å². The molecule has 1 aromatic carbocycles. The third kappa shape index (κ3) is 4.82. The average Bonchev–Trinajstić information content (AvgIpc) is 2.49. The molecule has 0 bridgehead atoms. The van der Waals surface area contributed by atoms with Crippen molar-refractivity contribution in [1.82, 2.24) is 4.90 Å². The minimum Gasteiger partial charge on any atom is -0.323 e. The number of nitrogens with zero attached hydrogens (tertiary/aromatic N) is 1. The highest BCUT2D eigenvalue weighted by Gasteiger charge is 2.22. The molecule has 0 aromatic heterocycles. The van der Waals surface area contributed by atoms with Crippen LogP contribution in [0, 0.1) is 5.92 Å². The highest BCUT2D eigenvalue weighted by atomic mass is 15.1. The molecule has 1 aliphatic rings. The summed E-state index contributed by atoms with van der Waals surface area (Å²) in [6, 6.07) is 9.76. The molecule has 21 heavy (non-hydrogen) atoms. The van der Waals surface area contributed by atoms with Crippen LogP contribution >= 0.6 is 0 Å². The van der Waals surface area contributed by atoms with Gasteiger partial charge in [-0.3, -0.25) is 0 Å². The summed E-state index contributed by atoms with van der Waals surface area (Å²) in [5.74, 6) is 0.912. The number of hydrogen-bond acceptors (Lipinski definition) is 2. The Labute approximate surface area is 130 Å². The van der Waals surface area contributed by atoms with Crippen molar-refractivity contribution in [3.05, 3.63) is 35.4 Å². The van der Waals surface area contributed by atoms with E-state index in [-0.39, 0.29) is 6.04 Å². The summed E-state index contributed by atoms with van der Waals surface area (Å²) in [5.41, 5.74) is 9.10. The molecule has 0 saturated heterocycles. The molecule has 2 rings (SSSR count). The molecule has 1 aliphatic carbocycles. The molecule has 2 nitrogen and oxygen atoms in total.